The highest BCUT2D eigenvalue weighted by Crippen LogP contribution is 2.29. The quantitative estimate of drug-likeness (QED) is 0.280. The third-order valence-corrected chi connectivity index (χ3v) is 2.90. The topological polar surface area (TPSA) is 116 Å². The molecule has 0 heterocycles. The van der Waals surface area contributed by atoms with Crippen molar-refractivity contribution < 1.29 is 18.1 Å². The molecule has 0 saturated heterocycles. The Hall–Kier alpha value is -3.81. The fourth-order valence-corrected chi connectivity index (χ4v) is 1.69. The van der Waals surface area contributed by atoms with Crippen LogP contribution in [-0.2, 0) is 6.18 Å². The Balaban J connectivity index is 2.10. The van der Waals surface area contributed by atoms with Gasteiger partial charge in [-0.3, -0.25) is 15.5 Å². The zero-order valence-electron chi connectivity index (χ0n) is 12.8. The Morgan fingerprint density at radius 1 is 1.19 bits per heavy atom. The summed E-state index contributed by atoms with van der Waals surface area (Å²) in [6.07, 6.45) is -4.45. The maximum Gasteiger partial charge on any atom is 0.416 e. The van der Waals surface area contributed by atoms with Gasteiger partial charge in [0.1, 0.15) is 6.07 Å². The lowest BCUT2D eigenvalue weighted by Gasteiger charge is -2.06. The van der Waals surface area contributed by atoms with Gasteiger partial charge in [0.2, 0.25) is 0 Å². The Kier molecular flexibility index (Phi) is 5.59. The molecular formula is C15H9F3N6O2. The van der Waals surface area contributed by atoms with E-state index < -0.39 is 22.5 Å². The second-order valence-corrected chi connectivity index (χ2v) is 4.71. The van der Waals surface area contributed by atoms with Gasteiger partial charge in [0.05, 0.1) is 21.9 Å². The number of anilines is 1. The lowest BCUT2D eigenvalue weighted by molar-refractivity contribution is -0.384. The van der Waals surface area contributed by atoms with E-state index in [0.29, 0.717) is 0 Å². The average molecular weight is 362 g/mol. The van der Waals surface area contributed by atoms with Crippen LogP contribution in [0.25, 0.3) is 0 Å². The Morgan fingerprint density at radius 3 is 2.46 bits per heavy atom. The van der Waals surface area contributed by atoms with Crippen molar-refractivity contribution in [3.05, 3.63) is 64.2 Å². The molecular weight excluding hydrogens is 353 g/mol. The van der Waals surface area contributed by atoms with Gasteiger partial charge >= 0.3 is 6.18 Å². The van der Waals surface area contributed by atoms with Gasteiger partial charge in [0.15, 0.2) is 0 Å². The number of nitriles is 1. The summed E-state index contributed by atoms with van der Waals surface area (Å²) >= 11 is 0. The van der Waals surface area contributed by atoms with E-state index in [1.807, 2.05) is 0 Å². The molecule has 2 aromatic rings. The number of nitrogens with one attached hydrogen (secondary N) is 1. The van der Waals surface area contributed by atoms with E-state index in [2.05, 4.69) is 20.8 Å². The van der Waals surface area contributed by atoms with E-state index in [0.717, 1.165) is 30.3 Å². The molecule has 0 atom stereocenters. The van der Waals surface area contributed by atoms with Crippen LogP contribution in [0.15, 0.2) is 63.9 Å². The van der Waals surface area contributed by atoms with Crippen molar-refractivity contribution in [2.24, 2.45) is 15.3 Å². The first kappa shape index (κ1) is 18.5. The lowest BCUT2D eigenvalue weighted by atomic mass is 10.2. The molecule has 0 unspecified atom stereocenters. The Labute approximate surface area is 144 Å². The predicted molar refractivity (Wildman–Crippen MR) is 85.7 cm³/mol. The van der Waals surface area contributed by atoms with Crippen molar-refractivity contribution >= 4 is 22.9 Å². The van der Waals surface area contributed by atoms with Crippen LogP contribution in [0.3, 0.4) is 0 Å². The molecule has 0 saturated carbocycles. The number of azo groups is 1. The number of benzene rings is 2. The van der Waals surface area contributed by atoms with Crippen molar-refractivity contribution in [2.45, 2.75) is 6.18 Å². The van der Waals surface area contributed by atoms with Crippen molar-refractivity contribution in [3.63, 3.8) is 0 Å². The van der Waals surface area contributed by atoms with Crippen LogP contribution < -0.4 is 5.43 Å². The van der Waals surface area contributed by atoms with Crippen LogP contribution in [0.1, 0.15) is 5.56 Å². The fraction of sp³-hybridized carbons (Fsp3) is 0.0667. The molecule has 0 aromatic heterocycles. The highest BCUT2D eigenvalue weighted by molar-refractivity contribution is 5.97. The van der Waals surface area contributed by atoms with E-state index in [1.165, 1.54) is 18.2 Å². The maximum atomic E-state index is 12.5. The summed E-state index contributed by atoms with van der Waals surface area (Å²) in [5, 5.41) is 30.4. The average Bonchev–Trinajstić information content (AvgIpc) is 2.61. The number of nitro benzene ring substituents is 1. The standard InChI is InChI=1S/C15H9F3N6O2/c16-15(17,18)10-4-6-11(7-5-10)20-22-14(9-19)23-21-12-2-1-3-13(8-12)24(25)26/h1-8,20H. The molecule has 0 aliphatic heterocycles. The van der Waals surface area contributed by atoms with Crippen LogP contribution >= 0.6 is 0 Å². The van der Waals surface area contributed by atoms with Gasteiger partial charge in [-0.25, -0.2) is 0 Å². The van der Waals surface area contributed by atoms with Gasteiger partial charge in [-0.2, -0.15) is 18.4 Å². The first-order chi connectivity index (χ1) is 12.3. The SMILES string of the molecule is N#CC(N=Nc1cccc([N+](=O)[O-])c1)=NNc1ccc(C(F)(F)F)cc1. The van der Waals surface area contributed by atoms with Gasteiger partial charge in [-0.15, -0.1) is 15.3 Å². The predicted octanol–water partition coefficient (Wildman–Crippen LogP) is 4.65. The molecule has 2 aromatic carbocycles. The van der Waals surface area contributed by atoms with E-state index in [4.69, 9.17) is 5.26 Å². The summed E-state index contributed by atoms with van der Waals surface area (Å²) in [4.78, 5) is 10.1. The number of non-ortho nitro benzene ring substituents is 1. The van der Waals surface area contributed by atoms with Gasteiger partial charge in [0, 0.05) is 12.1 Å². The number of rotatable bonds is 4. The molecule has 132 valence electrons. The Bertz CT molecular complexity index is 901. The van der Waals surface area contributed by atoms with Crippen LogP contribution in [0.4, 0.5) is 30.2 Å². The third kappa shape index (κ3) is 5.10. The minimum absolute atomic E-state index is 0.136. The molecule has 2 rings (SSSR count). The normalized spacial score (nSPS) is 12.0. The number of alkyl halides is 3. The molecule has 0 aliphatic rings. The van der Waals surface area contributed by atoms with Gasteiger partial charge in [0.25, 0.3) is 11.5 Å². The number of halogens is 3. The van der Waals surface area contributed by atoms with Gasteiger partial charge in [-0.05, 0) is 30.3 Å². The summed E-state index contributed by atoms with van der Waals surface area (Å²) in [5.74, 6) is -0.420. The maximum absolute atomic E-state index is 12.5. The molecule has 26 heavy (non-hydrogen) atoms. The molecule has 11 heteroatoms. The molecule has 0 amide bonds. The fourth-order valence-electron chi connectivity index (χ4n) is 1.69. The van der Waals surface area contributed by atoms with Gasteiger partial charge in [-0.1, -0.05) is 6.07 Å². The monoisotopic (exact) mass is 362 g/mol. The van der Waals surface area contributed by atoms with Crippen LogP contribution in [-0.4, -0.2) is 10.8 Å². The largest absolute Gasteiger partial charge is 0.416 e. The lowest BCUT2D eigenvalue weighted by Crippen LogP contribution is -2.04. The molecule has 0 bridgehead atoms. The molecule has 0 fully saturated rings. The van der Waals surface area contributed by atoms with Crippen molar-refractivity contribution in [1.82, 2.24) is 0 Å². The molecule has 0 spiro atoms. The van der Waals surface area contributed by atoms with Crippen LogP contribution in [0.5, 0.6) is 0 Å². The van der Waals surface area contributed by atoms with Crippen LogP contribution in [0, 0.1) is 21.4 Å². The summed E-state index contributed by atoms with van der Waals surface area (Å²) in [6, 6.07) is 10.9. The summed E-state index contributed by atoms with van der Waals surface area (Å²) < 4.78 is 37.4. The summed E-state index contributed by atoms with van der Waals surface area (Å²) in [7, 11) is 0. The number of hydrogen-bond acceptors (Lipinski definition) is 6. The van der Waals surface area contributed by atoms with E-state index in [-0.39, 0.29) is 17.1 Å². The number of nitrogens with zero attached hydrogens (tertiary/aromatic N) is 5. The second-order valence-electron chi connectivity index (χ2n) is 4.71. The highest BCUT2D eigenvalue weighted by atomic mass is 19.4. The molecule has 1 N–H and O–H groups in total. The second kappa shape index (κ2) is 7.84. The van der Waals surface area contributed by atoms with Gasteiger partial charge < -0.3 is 0 Å². The summed E-state index contributed by atoms with van der Waals surface area (Å²) in [6.45, 7) is 0. The summed E-state index contributed by atoms with van der Waals surface area (Å²) in [5.41, 5.74) is 1.70. The molecule has 8 nitrogen and oxygen atoms in total. The van der Waals surface area contributed by atoms with Crippen molar-refractivity contribution in [3.8, 4) is 6.07 Å². The zero-order valence-corrected chi connectivity index (χ0v) is 12.8. The molecule has 0 aliphatic carbocycles. The smallest absolute Gasteiger partial charge is 0.276 e. The van der Waals surface area contributed by atoms with E-state index >= 15 is 0 Å². The number of hydrogen-bond donors (Lipinski definition) is 1. The van der Waals surface area contributed by atoms with Crippen LogP contribution in [0.2, 0.25) is 0 Å². The first-order valence-corrected chi connectivity index (χ1v) is 6.87. The van der Waals surface area contributed by atoms with E-state index in [1.54, 1.807) is 6.07 Å². The third-order valence-electron chi connectivity index (χ3n) is 2.90. The number of nitro groups is 1. The van der Waals surface area contributed by atoms with Crippen molar-refractivity contribution in [2.75, 3.05) is 5.43 Å². The number of hydrazone groups is 1. The minimum Gasteiger partial charge on any atom is -0.276 e. The first-order valence-electron chi connectivity index (χ1n) is 6.87. The minimum atomic E-state index is -4.45. The van der Waals surface area contributed by atoms with E-state index in [9.17, 15) is 23.3 Å². The highest BCUT2D eigenvalue weighted by Gasteiger charge is 2.29. The number of amidine groups is 1. The Morgan fingerprint density at radius 2 is 1.88 bits per heavy atom. The van der Waals surface area contributed by atoms with Crippen molar-refractivity contribution in [1.29, 1.82) is 5.26 Å². The molecule has 0 radical (unpaired) electrons. The zero-order chi connectivity index (χ0) is 19.2.